The maximum atomic E-state index is 12.1. The molecule has 0 spiro atoms. The molecule has 0 radical (unpaired) electrons. The minimum Gasteiger partial charge on any atom is -0.456 e. The van der Waals surface area contributed by atoms with Crippen LogP contribution in [0.25, 0.3) is 0 Å². The molecule has 11 nitrogen and oxygen atoms in total. The zero-order chi connectivity index (χ0) is 20.7. The number of rotatable bonds is 8. The number of carbonyl (C=O) groups is 3. The number of aromatic nitrogens is 2. The molecule has 1 aromatic rings. The summed E-state index contributed by atoms with van der Waals surface area (Å²) in [7, 11) is -2.17. The smallest absolute Gasteiger partial charge is 0.321 e. The number of esters is 1. The molecule has 1 aromatic heterocycles. The van der Waals surface area contributed by atoms with Gasteiger partial charge in [0.1, 0.15) is 5.82 Å². The van der Waals surface area contributed by atoms with Gasteiger partial charge in [0.15, 0.2) is 11.6 Å². The van der Waals surface area contributed by atoms with Gasteiger partial charge < -0.3 is 14.6 Å². The van der Waals surface area contributed by atoms with Gasteiger partial charge in [0.2, 0.25) is 0 Å². The third kappa shape index (κ3) is 6.60. The number of imidazole rings is 1. The standard InChI is InChI=1S/C16H25N5O6S/c1-11-18-14(9-21(11)2)28(25,26)17-8-7-15(23)27-10-13(22)20-16(24)19-12-5-3-4-6-12/h9,12,17H,3-8,10H2,1-2H3,(H2,19,20,22,24). The monoisotopic (exact) mass is 415 g/mol. The molecule has 1 saturated carbocycles. The lowest BCUT2D eigenvalue weighted by Gasteiger charge is -2.12. The summed E-state index contributed by atoms with van der Waals surface area (Å²) < 4.78 is 32.7. The molecule has 3 amide bonds. The van der Waals surface area contributed by atoms with Gasteiger partial charge in [0.05, 0.1) is 6.42 Å². The minimum absolute atomic E-state index is 0.0614. The molecule has 1 heterocycles. The Bertz CT molecular complexity index is 809. The predicted molar refractivity (Wildman–Crippen MR) is 97.6 cm³/mol. The Labute approximate surface area is 163 Å². The Kier molecular flexibility index (Phi) is 7.52. The zero-order valence-corrected chi connectivity index (χ0v) is 16.7. The van der Waals surface area contributed by atoms with Crippen LogP contribution in [0.3, 0.4) is 0 Å². The van der Waals surface area contributed by atoms with Crippen molar-refractivity contribution < 1.29 is 27.5 Å². The number of nitrogens with zero attached hydrogens (tertiary/aromatic N) is 2. The van der Waals surface area contributed by atoms with Crippen molar-refractivity contribution in [3.63, 3.8) is 0 Å². The molecule has 156 valence electrons. The van der Waals surface area contributed by atoms with Crippen molar-refractivity contribution in [3.8, 4) is 0 Å². The Hall–Kier alpha value is -2.47. The lowest BCUT2D eigenvalue weighted by Crippen LogP contribution is -2.45. The number of nitrogens with one attached hydrogen (secondary N) is 3. The molecule has 3 N–H and O–H groups in total. The van der Waals surface area contributed by atoms with Gasteiger partial charge in [-0.25, -0.2) is 22.9 Å². The summed E-state index contributed by atoms with van der Waals surface area (Å²) in [6.45, 7) is 0.832. The van der Waals surface area contributed by atoms with Crippen LogP contribution in [0.2, 0.25) is 0 Å². The van der Waals surface area contributed by atoms with E-state index in [0.717, 1.165) is 25.7 Å². The predicted octanol–water partition coefficient (Wildman–Crippen LogP) is -0.291. The molecule has 0 aromatic carbocycles. The molecule has 1 aliphatic rings. The van der Waals surface area contributed by atoms with E-state index < -0.39 is 34.5 Å². The molecule has 0 bridgehead atoms. The van der Waals surface area contributed by atoms with Gasteiger partial charge in [-0.15, -0.1) is 0 Å². The van der Waals surface area contributed by atoms with Crippen LogP contribution < -0.4 is 15.4 Å². The van der Waals surface area contributed by atoms with Crippen molar-refractivity contribution in [2.24, 2.45) is 7.05 Å². The first kappa shape index (κ1) is 21.8. The van der Waals surface area contributed by atoms with E-state index in [1.807, 2.05) is 0 Å². The Morgan fingerprint density at radius 3 is 2.57 bits per heavy atom. The van der Waals surface area contributed by atoms with E-state index in [1.165, 1.54) is 6.20 Å². The highest BCUT2D eigenvalue weighted by molar-refractivity contribution is 7.89. The first-order chi connectivity index (χ1) is 13.2. The van der Waals surface area contributed by atoms with Gasteiger partial charge in [0, 0.05) is 25.8 Å². The number of hydrogen-bond acceptors (Lipinski definition) is 7. The van der Waals surface area contributed by atoms with E-state index in [4.69, 9.17) is 4.74 Å². The highest BCUT2D eigenvalue weighted by Gasteiger charge is 2.20. The van der Waals surface area contributed by atoms with Gasteiger partial charge in [-0.05, 0) is 19.8 Å². The van der Waals surface area contributed by atoms with Crippen LogP contribution in [0, 0.1) is 6.92 Å². The topological polar surface area (TPSA) is 148 Å². The number of carbonyl (C=O) groups excluding carboxylic acids is 3. The Balaban J connectivity index is 1.65. The molecule has 0 atom stereocenters. The lowest BCUT2D eigenvalue weighted by molar-refractivity contribution is -0.148. The lowest BCUT2D eigenvalue weighted by atomic mass is 10.2. The number of hydrogen-bond donors (Lipinski definition) is 3. The van der Waals surface area contributed by atoms with Crippen molar-refractivity contribution in [1.29, 1.82) is 0 Å². The van der Waals surface area contributed by atoms with Crippen molar-refractivity contribution in [1.82, 2.24) is 24.9 Å². The summed E-state index contributed by atoms with van der Waals surface area (Å²) in [4.78, 5) is 38.8. The van der Waals surface area contributed by atoms with Crippen LogP contribution in [0.4, 0.5) is 4.79 Å². The van der Waals surface area contributed by atoms with Crippen LogP contribution >= 0.6 is 0 Å². The van der Waals surface area contributed by atoms with Crippen molar-refractivity contribution >= 4 is 27.9 Å². The van der Waals surface area contributed by atoms with Crippen LogP contribution in [-0.4, -0.2) is 55.1 Å². The van der Waals surface area contributed by atoms with E-state index in [-0.39, 0.29) is 24.0 Å². The first-order valence-electron chi connectivity index (χ1n) is 8.93. The molecular weight excluding hydrogens is 390 g/mol. The number of amides is 3. The zero-order valence-electron chi connectivity index (χ0n) is 15.9. The van der Waals surface area contributed by atoms with E-state index >= 15 is 0 Å². The SMILES string of the molecule is Cc1nc(S(=O)(=O)NCCC(=O)OCC(=O)NC(=O)NC2CCCC2)cn1C. The fraction of sp³-hybridized carbons (Fsp3) is 0.625. The molecule has 1 aliphatic carbocycles. The Morgan fingerprint density at radius 1 is 1.29 bits per heavy atom. The third-order valence-corrected chi connectivity index (χ3v) is 5.62. The third-order valence-electron chi connectivity index (χ3n) is 4.29. The van der Waals surface area contributed by atoms with Gasteiger partial charge in [-0.1, -0.05) is 12.8 Å². The second-order valence-corrected chi connectivity index (χ2v) is 8.26. The summed E-state index contributed by atoms with van der Waals surface area (Å²) in [5.74, 6) is -0.998. The van der Waals surface area contributed by atoms with E-state index in [2.05, 4.69) is 20.3 Å². The van der Waals surface area contributed by atoms with Crippen LogP contribution in [0.1, 0.15) is 37.9 Å². The molecule has 2 rings (SSSR count). The summed E-state index contributed by atoms with van der Waals surface area (Å²) in [6.07, 6.45) is 4.93. The second-order valence-electron chi connectivity index (χ2n) is 6.55. The molecule has 28 heavy (non-hydrogen) atoms. The van der Waals surface area contributed by atoms with Gasteiger partial charge in [-0.3, -0.25) is 14.9 Å². The van der Waals surface area contributed by atoms with Crippen molar-refractivity contribution in [3.05, 3.63) is 12.0 Å². The average molecular weight is 415 g/mol. The fourth-order valence-electron chi connectivity index (χ4n) is 2.69. The maximum Gasteiger partial charge on any atom is 0.321 e. The largest absolute Gasteiger partial charge is 0.456 e. The van der Waals surface area contributed by atoms with E-state index in [9.17, 15) is 22.8 Å². The minimum atomic E-state index is -3.84. The highest BCUT2D eigenvalue weighted by atomic mass is 32.2. The molecule has 0 aliphatic heterocycles. The van der Waals surface area contributed by atoms with E-state index in [1.54, 1.807) is 18.5 Å². The highest BCUT2D eigenvalue weighted by Crippen LogP contribution is 2.17. The van der Waals surface area contributed by atoms with Gasteiger partial charge >= 0.3 is 12.0 Å². The summed E-state index contributed by atoms with van der Waals surface area (Å²) >= 11 is 0. The number of imide groups is 1. The molecule has 12 heteroatoms. The van der Waals surface area contributed by atoms with Crippen molar-refractivity contribution in [2.45, 2.75) is 50.1 Å². The normalized spacial score (nSPS) is 14.6. The number of sulfonamides is 1. The fourth-order valence-corrected chi connectivity index (χ4v) is 3.76. The number of ether oxygens (including phenoxy) is 1. The number of urea groups is 1. The molecule has 0 unspecified atom stereocenters. The summed E-state index contributed by atoms with van der Waals surface area (Å²) in [6, 6.07) is -0.558. The van der Waals surface area contributed by atoms with E-state index in [0.29, 0.717) is 5.82 Å². The maximum absolute atomic E-state index is 12.1. The number of aryl methyl sites for hydroxylation is 2. The van der Waals surface area contributed by atoms with Crippen molar-refractivity contribution in [2.75, 3.05) is 13.2 Å². The summed E-state index contributed by atoms with van der Waals surface area (Å²) in [5.41, 5.74) is 0. The molecular formula is C16H25N5O6S. The van der Waals surface area contributed by atoms with Gasteiger partial charge in [-0.2, -0.15) is 0 Å². The van der Waals surface area contributed by atoms with Crippen LogP contribution in [0.15, 0.2) is 11.2 Å². The van der Waals surface area contributed by atoms with Crippen LogP contribution in [-0.2, 0) is 31.4 Å². The average Bonchev–Trinajstić information content (AvgIpc) is 3.23. The molecule has 1 fully saturated rings. The Morgan fingerprint density at radius 2 is 1.96 bits per heavy atom. The molecule has 0 saturated heterocycles. The second kappa shape index (κ2) is 9.64. The van der Waals surface area contributed by atoms with Gasteiger partial charge in [0.25, 0.3) is 15.9 Å². The van der Waals surface area contributed by atoms with Crippen LogP contribution in [0.5, 0.6) is 0 Å². The first-order valence-corrected chi connectivity index (χ1v) is 10.4. The summed E-state index contributed by atoms with van der Waals surface area (Å²) in [5, 5.41) is 4.61. The quantitative estimate of drug-likeness (QED) is 0.494.